The van der Waals surface area contributed by atoms with Crippen molar-refractivity contribution in [2.75, 3.05) is 26.3 Å². The zero-order chi connectivity index (χ0) is 22.0. The molecule has 4 rings (SSSR count). The fourth-order valence-electron chi connectivity index (χ4n) is 3.65. The second-order valence-electron chi connectivity index (χ2n) is 7.30. The molecule has 0 unspecified atom stereocenters. The van der Waals surface area contributed by atoms with E-state index >= 15 is 0 Å². The number of morpholine rings is 1. The molecule has 1 aliphatic heterocycles. The highest BCUT2D eigenvalue weighted by Gasteiger charge is 2.27. The van der Waals surface area contributed by atoms with Gasteiger partial charge in [-0.3, -0.25) is 0 Å². The first kappa shape index (κ1) is 22.0. The molecule has 2 heterocycles. The van der Waals surface area contributed by atoms with Gasteiger partial charge in [0.25, 0.3) is 0 Å². The van der Waals surface area contributed by atoms with Crippen LogP contribution >= 0.6 is 11.6 Å². The van der Waals surface area contributed by atoms with Crippen LogP contribution in [0.5, 0.6) is 0 Å². The third-order valence-corrected chi connectivity index (χ3v) is 7.30. The number of benzene rings is 2. The summed E-state index contributed by atoms with van der Waals surface area (Å²) in [4.78, 5) is 4.82. The fraction of sp³-hybridized carbons (Fsp3) is 0.318. The molecule has 0 saturated carbocycles. The number of aromatic nitrogens is 2. The van der Waals surface area contributed by atoms with Crippen molar-refractivity contribution in [3.63, 3.8) is 0 Å². The molecule has 1 aromatic heterocycles. The lowest BCUT2D eigenvalue weighted by molar-refractivity contribution is 0.0730. The smallest absolute Gasteiger partial charge is 0.243 e. The molecule has 9 heteroatoms. The average Bonchev–Trinajstić information content (AvgIpc) is 3.13. The predicted octanol–water partition coefficient (Wildman–Crippen LogP) is 4.34. The van der Waals surface area contributed by atoms with Crippen LogP contribution in [0.2, 0.25) is 0 Å². The Labute approximate surface area is 186 Å². The minimum atomic E-state index is -3.63. The Hall–Kier alpha value is -2.26. The zero-order valence-electron chi connectivity index (χ0n) is 17.1. The van der Waals surface area contributed by atoms with Crippen molar-refractivity contribution in [2.45, 2.75) is 24.8 Å². The number of sulfonamides is 1. The van der Waals surface area contributed by atoms with Crippen molar-refractivity contribution in [2.24, 2.45) is 0 Å². The summed E-state index contributed by atoms with van der Waals surface area (Å²) in [6, 6.07) is 11.1. The highest BCUT2D eigenvalue weighted by atomic mass is 35.5. The number of ether oxygens (including phenoxy) is 1. The molecule has 0 radical (unpaired) electrons. The van der Waals surface area contributed by atoms with E-state index in [9.17, 15) is 12.8 Å². The van der Waals surface area contributed by atoms with Gasteiger partial charge >= 0.3 is 0 Å². The van der Waals surface area contributed by atoms with Crippen LogP contribution in [0.15, 0.2) is 47.4 Å². The topological polar surface area (TPSA) is 64.4 Å². The summed E-state index contributed by atoms with van der Waals surface area (Å²) in [6.07, 6.45) is 2.50. The molecule has 0 bridgehead atoms. The lowest BCUT2D eigenvalue weighted by Crippen LogP contribution is -2.40. The third kappa shape index (κ3) is 4.52. The first-order chi connectivity index (χ1) is 14.9. The lowest BCUT2D eigenvalue weighted by Gasteiger charge is -2.26. The number of halogens is 2. The van der Waals surface area contributed by atoms with Crippen molar-refractivity contribution in [1.82, 2.24) is 13.9 Å². The third-order valence-electron chi connectivity index (χ3n) is 5.13. The normalized spacial score (nSPS) is 16.2. The summed E-state index contributed by atoms with van der Waals surface area (Å²) in [6.45, 7) is 4.14. The number of imidazole rings is 1. The SMILES string of the molecule is CCCn1c(C(Cl)=Cc2cccc(F)c2)nc2cc(S(=O)(=O)N3CCOCC3)ccc21. The molecule has 3 aromatic rings. The van der Waals surface area contributed by atoms with Gasteiger partial charge in [-0.2, -0.15) is 4.31 Å². The first-order valence-corrected chi connectivity index (χ1v) is 11.9. The second-order valence-corrected chi connectivity index (χ2v) is 9.65. The van der Waals surface area contributed by atoms with E-state index in [1.807, 2.05) is 11.5 Å². The van der Waals surface area contributed by atoms with E-state index in [0.29, 0.717) is 54.8 Å². The molecule has 0 amide bonds. The Morgan fingerprint density at radius 1 is 1.23 bits per heavy atom. The monoisotopic (exact) mass is 463 g/mol. The Balaban J connectivity index is 1.77. The van der Waals surface area contributed by atoms with Crippen LogP contribution < -0.4 is 0 Å². The van der Waals surface area contributed by atoms with Crippen LogP contribution in [0.25, 0.3) is 22.1 Å². The summed E-state index contributed by atoms with van der Waals surface area (Å²) in [5, 5.41) is 0.354. The average molecular weight is 464 g/mol. The van der Waals surface area contributed by atoms with E-state index in [1.54, 1.807) is 36.4 Å². The minimum absolute atomic E-state index is 0.194. The van der Waals surface area contributed by atoms with Crippen LogP contribution in [-0.2, 0) is 21.3 Å². The Morgan fingerprint density at radius 3 is 2.71 bits per heavy atom. The van der Waals surface area contributed by atoms with Gasteiger partial charge in [-0.1, -0.05) is 30.7 Å². The van der Waals surface area contributed by atoms with Crippen LogP contribution in [0.1, 0.15) is 24.7 Å². The Kier molecular flexibility index (Phi) is 6.43. The number of hydrogen-bond donors (Lipinski definition) is 0. The highest BCUT2D eigenvalue weighted by Crippen LogP contribution is 2.29. The van der Waals surface area contributed by atoms with Crippen molar-refractivity contribution >= 4 is 43.8 Å². The van der Waals surface area contributed by atoms with Gasteiger partial charge in [0.2, 0.25) is 10.0 Å². The maximum Gasteiger partial charge on any atom is 0.243 e. The van der Waals surface area contributed by atoms with Gasteiger partial charge in [-0.05, 0) is 48.4 Å². The molecular weight excluding hydrogens is 441 g/mol. The molecule has 164 valence electrons. The molecular formula is C22H23ClFN3O3S. The van der Waals surface area contributed by atoms with Gasteiger partial charge in [-0.15, -0.1) is 0 Å². The van der Waals surface area contributed by atoms with Crippen LogP contribution in [0.4, 0.5) is 4.39 Å². The molecule has 0 N–H and O–H groups in total. The van der Waals surface area contributed by atoms with E-state index in [2.05, 4.69) is 4.98 Å². The van der Waals surface area contributed by atoms with Crippen molar-refractivity contribution in [3.05, 3.63) is 59.7 Å². The van der Waals surface area contributed by atoms with E-state index < -0.39 is 10.0 Å². The van der Waals surface area contributed by atoms with E-state index in [-0.39, 0.29) is 10.7 Å². The van der Waals surface area contributed by atoms with Gasteiger partial charge in [0.1, 0.15) is 5.82 Å². The van der Waals surface area contributed by atoms with Gasteiger partial charge < -0.3 is 9.30 Å². The van der Waals surface area contributed by atoms with Crippen molar-refractivity contribution in [1.29, 1.82) is 0 Å². The molecule has 6 nitrogen and oxygen atoms in total. The fourth-order valence-corrected chi connectivity index (χ4v) is 5.34. The van der Waals surface area contributed by atoms with E-state index in [4.69, 9.17) is 16.3 Å². The number of fused-ring (bicyclic) bond motifs is 1. The van der Waals surface area contributed by atoms with Gasteiger partial charge in [0.15, 0.2) is 5.82 Å². The van der Waals surface area contributed by atoms with Crippen LogP contribution in [-0.4, -0.2) is 48.6 Å². The molecule has 2 aromatic carbocycles. The first-order valence-electron chi connectivity index (χ1n) is 10.1. The standard InChI is InChI=1S/C22H23ClFN3O3S/c1-2-8-27-21-7-6-18(31(28,29)26-9-11-30-12-10-26)15-20(21)25-22(27)19(23)14-16-4-3-5-17(24)13-16/h3-7,13-15H,2,8-12H2,1H3. The molecule has 31 heavy (non-hydrogen) atoms. The summed E-state index contributed by atoms with van der Waals surface area (Å²) in [7, 11) is -3.63. The minimum Gasteiger partial charge on any atom is -0.379 e. The van der Waals surface area contributed by atoms with Gasteiger partial charge in [0, 0.05) is 19.6 Å². The summed E-state index contributed by atoms with van der Waals surface area (Å²) in [5.41, 5.74) is 1.96. The molecule has 0 spiro atoms. The number of aryl methyl sites for hydroxylation is 1. The molecule has 0 atom stereocenters. The van der Waals surface area contributed by atoms with E-state index in [0.717, 1.165) is 11.9 Å². The Morgan fingerprint density at radius 2 is 2.00 bits per heavy atom. The van der Waals surface area contributed by atoms with Gasteiger partial charge in [-0.25, -0.2) is 17.8 Å². The molecule has 1 saturated heterocycles. The number of rotatable bonds is 6. The molecule has 0 aliphatic carbocycles. The Bertz CT molecular complexity index is 1230. The molecule has 1 aliphatic rings. The van der Waals surface area contributed by atoms with Crippen molar-refractivity contribution < 1.29 is 17.5 Å². The quantitative estimate of drug-likeness (QED) is 0.545. The second kappa shape index (κ2) is 9.08. The predicted molar refractivity (Wildman–Crippen MR) is 120 cm³/mol. The zero-order valence-corrected chi connectivity index (χ0v) is 18.7. The maximum absolute atomic E-state index is 13.5. The molecule has 1 fully saturated rings. The van der Waals surface area contributed by atoms with Crippen molar-refractivity contribution in [3.8, 4) is 0 Å². The number of nitrogens with zero attached hydrogens (tertiary/aromatic N) is 3. The van der Waals surface area contributed by atoms with Gasteiger partial charge in [0.05, 0.1) is 34.2 Å². The summed E-state index contributed by atoms with van der Waals surface area (Å²) in [5.74, 6) is 0.168. The van der Waals surface area contributed by atoms with E-state index in [1.165, 1.54) is 16.4 Å². The lowest BCUT2D eigenvalue weighted by atomic mass is 10.2. The highest BCUT2D eigenvalue weighted by molar-refractivity contribution is 7.89. The van der Waals surface area contributed by atoms with Crippen LogP contribution in [0, 0.1) is 5.82 Å². The maximum atomic E-state index is 13.5. The summed E-state index contributed by atoms with van der Waals surface area (Å²) >= 11 is 6.57. The number of hydrogen-bond acceptors (Lipinski definition) is 4. The largest absolute Gasteiger partial charge is 0.379 e. The summed E-state index contributed by atoms with van der Waals surface area (Å²) < 4.78 is 48.2. The van der Waals surface area contributed by atoms with Crippen LogP contribution in [0.3, 0.4) is 0 Å².